The van der Waals surface area contributed by atoms with Crippen LogP contribution in [-0.2, 0) is 16.1 Å². The first-order valence-electron chi connectivity index (χ1n) is 10.2. The summed E-state index contributed by atoms with van der Waals surface area (Å²) in [5.74, 6) is -1.03. The molecule has 0 radical (unpaired) electrons. The highest BCUT2D eigenvalue weighted by Gasteiger charge is 2.21. The van der Waals surface area contributed by atoms with Gasteiger partial charge in [0.15, 0.2) is 6.10 Å². The van der Waals surface area contributed by atoms with E-state index in [4.69, 9.17) is 4.74 Å². The number of ether oxygens (including phenoxy) is 1. The molecule has 0 saturated carbocycles. The predicted octanol–water partition coefficient (Wildman–Crippen LogP) is 3.83. The number of nitrogens with zero attached hydrogens (tertiary/aromatic N) is 2. The largest absolute Gasteiger partial charge is 0.449 e. The van der Waals surface area contributed by atoms with Crippen LogP contribution < -0.4 is 10.9 Å². The van der Waals surface area contributed by atoms with Crippen LogP contribution in [-0.4, -0.2) is 27.5 Å². The molecule has 0 unspecified atom stereocenters. The van der Waals surface area contributed by atoms with Crippen LogP contribution in [0.3, 0.4) is 0 Å². The fourth-order valence-corrected chi connectivity index (χ4v) is 3.70. The Morgan fingerprint density at radius 1 is 1.10 bits per heavy atom. The lowest BCUT2D eigenvalue weighted by Crippen LogP contribution is -2.30. The van der Waals surface area contributed by atoms with Gasteiger partial charge in [0, 0.05) is 12.2 Å². The van der Waals surface area contributed by atoms with Gasteiger partial charge in [-0.25, -0.2) is 9.78 Å². The molecule has 1 amide bonds. The maximum atomic E-state index is 12.6. The molecule has 3 rings (SSSR count). The number of nitrogens with one attached hydrogen (secondary N) is 1. The molecule has 3 aromatic rings. The Morgan fingerprint density at radius 2 is 1.74 bits per heavy atom. The number of aryl methyl sites for hydroxylation is 5. The summed E-state index contributed by atoms with van der Waals surface area (Å²) in [6, 6.07) is 8.80. The third kappa shape index (κ3) is 4.50. The molecule has 31 heavy (non-hydrogen) atoms. The molecule has 0 aliphatic carbocycles. The zero-order valence-electron chi connectivity index (χ0n) is 18.7. The highest BCUT2D eigenvalue weighted by Crippen LogP contribution is 2.22. The van der Waals surface area contributed by atoms with Gasteiger partial charge in [0.25, 0.3) is 11.5 Å². The number of esters is 1. The average molecular weight is 421 g/mol. The third-order valence-electron chi connectivity index (χ3n) is 5.24. The molecular weight excluding hydrogens is 394 g/mol. The first-order valence-corrected chi connectivity index (χ1v) is 10.2. The van der Waals surface area contributed by atoms with Gasteiger partial charge in [-0.2, -0.15) is 0 Å². The summed E-state index contributed by atoms with van der Waals surface area (Å²) >= 11 is 0. The molecule has 0 fully saturated rings. The minimum absolute atomic E-state index is 0.155. The van der Waals surface area contributed by atoms with Gasteiger partial charge in [-0.3, -0.25) is 9.59 Å². The van der Waals surface area contributed by atoms with Crippen molar-refractivity contribution in [3.05, 3.63) is 68.6 Å². The number of hydrogen-bond acceptors (Lipinski definition) is 5. The number of hydrogen-bond donors (Lipinski definition) is 1. The number of rotatable bonds is 5. The maximum absolute atomic E-state index is 12.6. The number of fused-ring (bicyclic) bond motifs is 1. The minimum Gasteiger partial charge on any atom is -0.449 e. The van der Waals surface area contributed by atoms with Crippen molar-refractivity contribution in [1.29, 1.82) is 0 Å². The van der Waals surface area contributed by atoms with Gasteiger partial charge >= 0.3 is 5.97 Å². The number of aromatic nitrogens is 2. The van der Waals surface area contributed by atoms with E-state index in [1.807, 2.05) is 39.8 Å². The second kappa shape index (κ2) is 8.71. The van der Waals surface area contributed by atoms with Crippen molar-refractivity contribution in [3.8, 4) is 0 Å². The van der Waals surface area contributed by atoms with Crippen molar-refractivity contribution < 1.29 is 14.3 Å². The van der Waals surface area contributed by atoms with Crippen LogP contribution in [0.1, 0.15) is 46.6 Å². The molecule has 7 heteroatoms. The molecule has 7 nitrogen and oxygen atoms in total. The maximum Gasteiger partial charge on any atom is 0.338 e. The van der Waals surface area contributed by atoms with Crippen molar-refractivity contribution in [3.63, 3.8) is 0 Å². The Bertz CT molecular complexity index is 1220. The quantitative estimate of drug-likeness (QED) is 0.632. The van der Waals surface area contributed by atoms with Crippen LogP contribution in [0.25, 0.3) is 11.0 Å². The molecule has 0 aliphatic rings. The first kappa shape index (κ1) is 22.2. The fourth-order valence-electron chi connectivity index (χ4n) is 3.70. The van der Waals surface area contributed by atoms with Gasteiger partial charge in [0.1, 0.15) is 5.69 Å². The first-order chi connectivity index (χ1) is 14.6. The molecule has 0 aliphatic heterocycles. The van der Waals surface area contributed by atoms with Gasteiger partial charge in [-0.05, 0) is 70.9 Å². The van der Waals surface area contributed by atoms with Crippen molar-refractivity contribution in [1.82, 2.24) is 9.55 Å². The van der Waals surface area contributed by atoms with E-state index >= 15 is 0 Å². The molecule has 162 valence electrons. The Balaban J connectivity index is 1.79. The number of carbonyl (C=O) groups excluding carboxylic acids is 2. The molecule has 2 aromatic carbocycles. The van der Waals surface area contributed by atoms with Gasteiger partial charge < -0.3 is 14.6 Å². The predicted molar refractivity (Wildman–Crippen MR) is 121 cm³/mol. The average Bonchev–Trinajstić information content (AvgIpc) is 2.71. The number of amides is 1. The summed E-state index contributed by atoms with van der Waals surface area (Å²) < 4.78 is 6.99. The standard InChI is InChI=1S/C24H27N3O4/c1-7-27-20-9-8-18(12-19(20)25-16(5)23(27)29)24(30)31-17(6)22(28)26-21-14(3)10-13(2)11-15(21)4/h8-12,17H,7H2,1-6H3,(H,26,28)/t17-/m0/s1. The number of anilines is 1. The Morgan fingerprint density at radius 3 is 2.35 bits per heavy atom. The summed E-state index contributed by atoms with van der Waals surface area (Å²) in [5, 5.41) is 2.85. The summed E-state index contributed by atoms with van der Waals surface area (Å²) in [6.45, 7) is 11.4. The van der Waals surface area contributed by atoms with Crippen LogP contribution in [0.4, 0.5) is 5.69 Å². The molecule has 1 atom stereocenters. The van der Waals surface area contributed by atoms with Crippen molar-refractivity contribution >= 4 is 28.6 Å². The minimum atomic E-state index is -0.984. The summed E-state index contributed by atoms with van der Waals surface area (Å²) in [5.41, 5.74) is 5.37. The van der Waals surface area contributed by atoms with Crippen LogP contribution in [0, 0.1) is 27.7 Å². The second-order valence-electron chi connectivity index (χ2n) is 7.76. The normalized spacial score (nSPS) is 11.9. The van der Waals surface area contributed by atoms with E-state index in [2.05, 4.69) is 10.3 Å². The van der Waals surface area contributed by atoms with Gasteiger partial charge in [0.2, 0.25) is 0 Å². The van der Waals surface area contributed by atoms with Crippen LogP contribution in [0.2, 0.25) is 0 Å². The smallest absolute Gasteiger partial charge is 0.338 e. The molecule has 0 saturated heterocycles. The highest BCUT2D eigenvalue weighted by atomic mass is 16.5. The fraction of sp³-hybridized carbons (Fsp3) is 0.333. The van der Waals surface area contributed by atoms with E-state index in [1.165, 1.54) is 6.92 Å². The van der Waals surface area contributed by atoms with Crippen LogP contribution >= 0.6 is 0 Å². The number of carbonyl (C=O) groups is 2. The van der Waals surface area contributed by atoms with E-state index in [9.17, 15) is 14.4 Å². The van der Waals surface area contributed by atoms with E-state index in [0.29, 0.717) is 23.3 Å². The zero-order chi connectivity index (χ0) is 22.9. The SMILES string of the molecule is CCn1c(=O)c(C)nc2cc(C(=O)O[C@@H](C)C(=O)Nc3c(C)cc(C)cc3C)ccc21. The van der Waals surface area contributed by atoms with Crippen LogP contribution in [0.5, 0.6) is 0 Å². The van der Waals surface area contributed by atoms with E-state index in [1.54, 1.807) is 29.7 Å². The van der Waals surface area contributed by atoms with Crippen molar-refractivity contribution in [2.24, 2.45) is 0 Å². The summed E-state index contributed by atoms with van der Waals surface area (Å²) in [6.07, 6.45) is -0.984. The molecule has 1 N–H and O–H groups in total. The molecule has 0 spiro atoms. The van der Waals surface area contributed by atoms with E-state index in [0.717, 1.165) is 22.4 Å². The third-order valence-corrected chi connectivity index (χ3v) is 5.24. The Kier molecular flexibility index (Phi) is 6.24. The Labute approximate surface area is 181 Å². The summed E-state index contributed by atoms with van der Waals surface area (Å²) in [7, 11) is 0. The molecule has 1 heterocycles. The van der Waals surface area contributed by atoms with Crippen molar-refractivity contribution in [2.45, 2.75) is 54.2 Å². The topological polar surface area (TPSA) is 90.3 Å². The molecular formula is C24H27N3O4. The molecule has 0 bridgehead atoms. The van der Waals surface area contributed by atoms with Gasteiger partial charge in [-0.1, -0.05) is 17.7 Å². The lowest BCUT2D eigenvalue weighted by Gasteiger charge is -2.17. The lowest BCUT2D eigenvalue weighted by atomic mass is 10.0. The zero-order valence-corrected chi connectivity index (χ0v) is 18.7. The molecule has 1 aromatic heterocycles. The van der Waals surface area contributed by atoms with Gasteiger partial charge in [-0.15, -0.1) is 0 Å². The number of benzene rings is 2. The lowest BCUT2D eigenvalue weighted by molar-refractivity contribution is -0.123. The van der Waals surface area contributed by atoms with Crippen molar-refractivity contribution in [2.75, 3.05) is 5.32 Å². The monoisotopic (exact) mass is 421 g/mol. The van der Waals surface area contributed by atoms with E-state index < -0.39 is 18.0 Å². The van der Waals surface area contributed by atoms with E-state index in [-0.39, 0.29) is 11.1 Å². The van der Waals surface area contributed by atoms with Crippen LogP contribution in [0.15, 0.2) is 35.1 Å². The Hall–Kier alpha value is -3.48. The second-order valence-corrected chi connectivity index (χ2v) is 7.76. The summed E-state index contributed by atoms with van der Waals surface area (Å²) in [4.78, 5) is 41.8. The highest BCUT2D eigenvalue weighted by molar-refractivity contribution is 5.99. The van der Waals surface area contributed by atoms with Gasteiger partial charge in [0.05, 0.1) is 16.6 Å².